The van der Waals surface area contributed by atoms with Crippen LogP contribution in [0.4, 0.5) is 4.79 Å². The van der Waals surface area contributed by atoms with Gasteiger partial charge in [-0.15, -0.1) is 0 Å². The maximum absolute atomic E-state index is 13.5. The van der Waals surface area contributed by atoms with Crippen LogP contribution in [-0.4, -0.2) is 103 Å². The lowest BCUT2D eigenvalue weighted by Crippen LogP contribution is -2.52. The Morgan fingerprint density at radius 3 is 2.16 bits per heavy atom. The summed E-state index contributed by atoms with van der Waals surface area (Å²) in [7, 11) is 5.46. The van der Waals surface area contributed by atoms with Crippen molar-refractivity contribution < 1.29 is 29.3 Å². The number of nitrogens with zero attached hydrogens (tertiary/aromatic N) is 2. The van der Waals surface area contributed by atoms with E-state index in [2.05, 4.69) is 10.6 Å². The van der Waals surface area contributed by atoms with E-state index in [0.29, 0.717) is 31.8 Å². The van der Waals surface area contributed by atoms with E-state index in [-0.39, 0.29) is 18.4 Å². The number of hydrogen-bond acceptors (Lipinski definition) is 7. The van der Waals surface area contributed by atoms with Crippen LogP contribution in [0.2, 0.25) is 0 Å². The minimum absolute atomic E-state index is 0.0253. The molecule has 1 aromatic rings. The molecule has 10 heteroatoms. The van der Waals surface area contributed by atoms with Gasteiger partial charge in [0.05, 0.1) is 18.1 Å². The first kappa shape index (κ1) is 37.5. The fourth-order valence-corrected chi connectivity index (χ4v) is 5.68. The molecule has 1 fully saturated rings. The highest BCUT2D eigenvalue weighted by atomic mass is 16.6. The van der Waals surface area contributed by atoms with Crippen LogP contribution in [0.3, 0.4) is 0 Å². The highest BCUT2D eigenvalue weighted by Gasteiger charge is 2.34. The van der Waals surface area contributed by atoms with Crippen LogP contribution >= 0.6 is 0 Å². The number of likely N-dealkylation sites (N-methyl/N-ethyl adjacent to an activating group) is 2. The van der Waals surface area contributed by atoms with Gasteiger partial charge in [-0.3, -0.25) is 9.59 Å². The first-order valence-electron chi connectivity index (χ1n) is 16.4. The molecule has 6 atom stereocenters. The van der Waals surface area contributed by atoms with E-state index < -0.39 is 48.2 Å². The van der Waals surface area contributed by atoms with Gasteiger partial charge in [0.15, 0.2) is 6.10 Å². The van der Waals surface area contributed by atoms with Gasteiger partial charge in [-0.25, -0.2) is 4.79 Å². The van der Waals surface area contributed by atoms with Crippen LogP contribution in [0, 0.1) is 17.8 Å². The summed E-state index contributed by atoms with van der Waals surface area (Å²) in [5, 5.41) is 27.6. The first-order chi connectivity index (χ1) is 20.8. The Morgan fingerprint density at radius 2 is 1.57 bits per heavy atom. The van der Waals surface area contributed by atoms with Crippen molar-refractivity contribution in [2.24, 2.45) is 17.8 Å². The average molecular weight is 619 g/mol. The number of carbonyl (C=O) groups is 3. The number of aliphatic hydroxyl groups is 2. The lowest BCUT2D eigenvalue weighted by atomic mass is 9.82. The van der Waals surface area contributed by atoms with E-state index in [0.717, 1.165) is 31.2 Å². The second-order valence-corrected chi connectivity index (χ2v) is 13.4. The molecule has 0 aromatic heterocycles. The summed E-state index contributed by atoms with van der Waals surface area (Å²) in [6.07, 6.45) is 2.90. The molecule has 44 heavy (non-hydrogen) atoms. The average Bonchev–Trinajstić information content (AvgIpc) is 3.00. The zero-order chi connectivity index (χ0) is 32.8. The minimum atomic E-state index is -1.10. The van der Waals surface area contributed by atoms with Crippen LogP contribution in [0.5, 0.6) is 0 Å². The number of amides is 3. The number of hydrogen-bond donors (Lipinski definition) is 4. The molecule has 1 aliphatic rings. The van der Waals surface area contributed by atoms with Crippen molar-refractivity contribution in [1.82, 2.24) is 20.4 Å². The van der Waals surface area contributed by atoms with Gasteiger partial charge in [0.2, 0.25) is 5.91 Å². The molecule has 0 heterocycles. The summed E-state index contributed by atoms with van der Waals surface area (Å²) < 4.78 is 5.75. The normalized spacial score (nSPS) is 18.2. The van der Waals surface area contributed by atoms with Crippen molar-refractivity contribution in [2.45, 2.75) is 103 Å². The highest BCUT2D eigenvalue weighted by Crippen LogP contribution is 2.29. The fraction of sp³-hybridized carbons (Fsp3) is 0.735. The fourth-order valence-electron chi connectivity index (χ4n) is 5.68. The van der Waals surface area contributed by atoms with E-state index in [9.17, 15) is 24.6 Å². The maximum atomic E-state index is 13.5. The molecule has 2 unspecified atom stereocenters. The zero-order valence-corrected chi connectivity index (χ0v) is 28.0. The summed E-state index contributed by atoms with van der Waals surface area (Å²) in [5.74, 6) is -1.25. The quantitative estimate of drug-likeness (QED) is 0.209. The molecule has 0 radical (unpaired) electrons. The molecule has 4 N–H and O–H groups in total. The van der Waals surface area contributed by atoms with Crippen molar-refractivity contribution in [3.63, 3.8) is 0 Å². The molecular weight excluding hydrogens is 560 g/mol. The molecule has 1 saturated carbocycles. The summed E-state index contributed by atoms with van der Waals surface area (Å²) in [6, 6.07) is 8.81. The Kier molecular flexibility index (Phi) is 16.2. The summed E-state index contributed by atoms with van der Waals surface area (Å²) in [6.45, 7) is 8.63. The van der Waals surface area contributed by atoms with Crippen LogP contribution in [0.15, 0.2) is 30.3 Å². The van der Waals surface area contributed by atoms with Crippen LogP contribution in [0.1, 0.15) is 84.1 Å². The van der Waals surface area contributed by atoms with E-state index in [1.807, 2.05) is 70.1 Å². The Balaban J connectivity index is 2.09. The van der Waals surface area contributed by atoms with Gasteiger partial charge in [0.25, 0.3) is 5.91 Å². The van der Waals surface area contributed by atoms with Gasteiger partial charge in [-0.2, -0.15) is 0 Å². The largest absolute Gasteiger partial charge is 0.435 e. The number of carbonyl (C=O) groups excluding carboxylic acids is 3. The Labute approximate surface area is 264 Å². The number of benzene rings is 1. The third kappa shape index (κ3) is 12.7. The predicted octanol–water partition coefficient (Wildman–Crippen LogP) is 3.76. The zero-order valence-electron chi connectivity index (χ0n) is 28.0. The third-order valence-corrected chi connectivity index (χ3v) is 8.65. The molecule has 3 amide bonds. The maximum Gasteiger partial charge on any atom is 0.410 e. The number of ether oxygens (including phenoxy) is 1. The molecule has 250 valence electrons. The number of nitrogens with one attached hydrogen (secondary N) is 2. The number of rotatable bonds is 17. The lowest BCUT2D eigenvalue weighted by Gasteiger charge is -2.33. The third-order valence-electron chi connectivity index (χ3n) is 8.65. The topological polar surface area (TPSA) is 131 Å². The van der Waals surface area contributed by atoms with Gasteiger partial charge >= 0.3 is 6.09 Å². The Morgan fingerprint density at radius 1 is 0.932 bits per heavy atom. The predicted molar refractivity (Wildman–Crippen MR) is 173 cm³/mol. The van der Waals surface area contributed by atoms with Gasteiger partial charge < -0.3 is 35.4 Å². The number of aliphatic hydroxyl groups excluding tert-OH is 2. The van der Waals surface area contributed by atoms with Crippen LogP contribution < -0.4 is 10.6 Å². The van der Waals surface area contributed by atoms with Crippen LogP contribution in [0.25, 0.3) is 0 Å². The van der Waals surface area contributed by atoms with Gasteiger partial charge in [0.1, 0.15) is 6.10 Å². The molecule has 1 aromatic carbocycles. The highest BCUT2D eigenvalue weighted by molar-refractivity contribution is 5.85. The lowest BCUT2D eigenvalue weighted by molar-refractivity contribution is -0.132. The van der Waals surface area contributed by atoms with E-state index in [4.69, 9.17) is 4.74 Å². The molecule has 2 rings (SSSR count). The van der Waals surface area contributed by atoms with E-state index in [1.165, 1.54) is 11.3 Å². The second-order valence-electron chi connectivity index (χ2n) is 13.4. The monoisotopic (exact) mass is 618 g/mol. The van der Waals surface area contributed by atoms with E-state index >= 15 is 0 Å². The first-order valence-corrected chi connectivity index (χ1v) is 16.4. The van der Waals surface area contributed by atoms with Gasteiger partial charge in [-0.05, 0) is 44.3 Å². The van der Waals surface area contributed by atoms with Crippen molar-refractivity contribution in [1.29, 1.82) is 0 Å². The molecule has 0 spiro atoms. The molecule has 1 aliphatic carbocycles. The molecule has 0 saturated heterocycles. The molecule has 0 bridgehead atoms. The van der Waals surface area contributed by atoms with Crippen molar-refractivity contribution in [2.75, 3.05) is 40.8 Å². The molecular formula is C34H58N4O6. The Hall–Kier alpha value is -2.69. The molecule has 10 nitrogen and oxygen atoms in total. The van der Waals surface area contributed by atoms with E-state index in [1.54, 1.807) is 14.0 Å². The van der Waals surface area contributed by atoms with Crippen molar-refractivity contribution in [3.8, 4) is 0 Å². The minimum Gasteiger partial charge on any atom is -0.435 e. The summed E-state index contributed by atoms with van der Waals surface area (Å²) in [4.78, 5) is 43.1. The molecule has 0 aliphatic heterocycles. The van der Waals surface area contributed by atoms with Crippen LogP contribution in [-0.2, 0) is 14.3 Å². The second kappa shape index (κ2) is 19.0. The standard InChI is InChI=1S/C34H58N4O6/c1-23(2)20-29(39)30(40)28(21-26-14-10-8-11-15-26)36-32(41)24(3)22-35-33(42)31(25(4)27-16-12-9-13-17-27)44-34(43)38(7)19-18-37(5)6/h9,12-13,16-17,23-26,28-31,39-40H,8,10-11,14-15,18-22H2,1-7H3,(H,35,42)(H,36,41)/t24-,25?,28?,29+,30-,31+/m1/s1. The SMILES string of the molecule is CC(C)C[C@H](O)[C@H](O)C(CC1CCCCC1)NC(=O)[C@H](C)CNC(=O)[C@@H](OC(=O)N(C)CCN(C)C)C(C)c1ccccc1. The van der Waals surface area contributed by atoms with Gasteiger partial charge in [0, 0.05) is 32.6 Å². The summed E-state index contributed by atoms with van der Waals surface area (Å²) >= 11 is 0. The van der Waals surface area contributed by atoms with Gasteiger partial charge in [-0.1, -0.05) is 90.1 Å². The smallest absolute Gasteiger partial charge is 0.410 e. The van der Waals surface area contributed by atoms with Crippen molar-refractivity contribution in [3.05, 3.63) is 35.9 Å². The Bertz CT molecular complexity index is 1000. The van der Waals surface area contributed by atoms with Crippen molar-refractivity contribution >= 4 is 17.9 Å². The summed E-state index contributed by atoms with van der Waals surface area (Å²) in [5.41, 5.74) is 0.849.